The maximum absolute atomic E-state index is 12.2. The highest BCUT2D eigenvalue weighted by Crippen LogP contribution is 2.37. The van der Waals surface area contributed by atoms with Gasteiger partial charge in [0.25, 0.3) is 0 Å². The summed E-state index contributed by atoms with van der Waals surface area (Å²) < 4.78 is 32.4. The summed E-state index contributed by atoms with van der Waals surface area (Å²) in [4.78, 5) is 24.2. The first-order chi connectivity index (χ1) is 13.4. The molecular formula is C21H31NO5. The number of benzene rings is 1. The lowest BCUT2D eigenvalue weighted by molar-refractivity contribution is -0.143. The van der Waals surface area contributed by atoms with Crippen molar-refractivity contribution in [3.63, 3.8) is 0 Å². The lowest BCUT2D eigenvalue weighted by Gasteiger charge is -2.24. The number of nitrogens with one attached hydrogen (secondary N) is 1. The summed E-state index contributed by atoms with van der Waals surface area (Å²) in [5.74, 6) is -0.286. The van der Waals surface area contributed by atoms with Crippen LogP contribution in [0, 0.1) is 5.41 Å². The van der Waals surface area contributed by atoms with Gasteiger partial charge >= 0.3 is 12.1 Å². The predicted molar refractivity (Wildman–Crippen MR) is 103 cm³/mol. The van der Waals surface area contributed by atoms with Gasteiger partial charge in [-0.25, -0.2) is 9.59 Å². The molecule has 1 aliphatic rings. The Hall–Kier alpha value is -2.24. The fourth-order valence-corrected chi connectivity index (χ4v) is 2.99. The monoisotopic (exact) mass is 379 g/mol. The first-order valence-corrected chi connectivity index (χ1v) is 9.23. The molecule has 1 unspecified atom stereocenters. The Morgan fingerprint density at radius 3 is 2.33 bits per heavy atom. The summed E-state index contributed by atoms with van der Waals surface area (Å²) in [5.41, 5.74) is -0.759. The Balaban J connectivity index is 2.14. The van der Waals surface area contributed by atoms with Crippen molar-refractivity contribution in [3.05, 3.63) is 29.8 Å². The number of hydrogen-bond acceptors (Lipinski definition) is 5. The smallest absolute Gasteiger partial charge is 0.408 e. The van der Waals surface area contributed by atoms with Crippen LogP contribution in [0.1, 0.15) is 67.7 Å². The normalized spacial score (nSPS) is 18.7. The number of ether oxygens (including phenoxy) is 3. The van der Waals surface area contributed by atoms with Gasteiger partial charge in [-0.2, -0.15) is 0 Å². The minimum absolute atomic E-state index is 0.354. The molecule has 1 aromatic rings. The fraction of sp³-hybridized carbons (Fsp3) is 0.619. The zero-order valence-electron chi connectivity index (χ0n) is 18.8. The largest absolute Gasteiger partial charge is 0.493 e. The van der Waals surface area contributed by atoms with E-state index in [0.29, 0.717) is 11.3 Å². The molecule has 0 radical (unpaired) electrons. The van der Waals surface area contributed by atoms with Crippen molar-refractivity contribution in [2.24, 2.45) is 5.41 Å². The van der Waals surface area contributed by atoms with Crippen LogP contribution in [0.25, 0.3) is 0 Å². The summed E-state index contributed by atoms with van der Waals surface area (Å²) >= 11 is 0. The maximum atomic E-state index is 12.2. The highest BCUT2D eigenvalue weighted by Gasteiger charge is 2.30. The van der Waals surface area contributed by atoms with Crippen molar-refractivity contribution >= 4 is 12.1 Å². The van der Waals surface area contributed by atoms with Gasteiger partial charge in [0, 0.05) is 5.41 Å². The molecule has 1 atom stereocenters. The van der Waals surface area contributed by atoms with Gasteiger partial charge in [-0.05, 0) is 51.3 Å². The second-order valence-electron chi connectivity index (χ2n) is 8.14. The number of amides is 1. The van der Waals surface area contributed by atoms with Gasteiger partial charge in [0.1, 0.15) is 11.4 Å². The third kappa shape index (κ3) is 6.45. The van der Waals surface area contributed by atoms with Gasteiger partial charge < -0.3 is 19.5 Å². The van der Waals surface area contributed by atoms with Crippen molar-refractivity contribution in [1.82, 2.24) is 5.32 Å². The van der Waals surface area contributed by atoms with E-state index in [1.165, 1.54) is 7.11 Å². The third-order valence-electron chi connectivity index (χ3n) is 4.43. The molecule has 0 saturated heterocycles. The summed E-state index contributed by atoms with van der Waals surface area (Å²) in [7, 11) is 1.24. The average molecular weight is 379 g/mol. The molecule has 1 amide bonds. The van der Waals surface area contributed by atoms with E-state index in [9.17, 15) is 9.59 Å². The number of esters is 1. The molecule has 1 N–H and O–H groups in total. The number of hydrogen-bond donors (Lipinski definition) is 1. The van der Waals surface area contributed by atoms with Gasteiger partial charge in [0.15, 0.2) is 6.04 Å². The van der Waals surface area contributed by atoms with Gasteiger partial charge in [-0.15, -0.1) is 0 Å². The number of rotatable bonds is 6. The number of carbonyl (C=O) groups excluding carboxylic acids is 2. The van der Waals surface area contributed by atoms with Crippen molar-refractivity contribution in [2.45, 2.75) is 65.0 Å². The van der Waals surface area contributed by atoms with Crippen LogP contribution < -0.4 is 10.1 Å². The molecule has 1 saturated carbocycles. The summed E-state index contributed by atoms with van der Waals surface area (Å²) in [6, 6.07) is 5.31. The van der Waals surface area contributed by atoms with E-state index in [0.717, 1.165) is 25.7 Å². The fourth-order valence-electron chi connectivity index (χ4n) is 2.99. The van der Waals surface area contributed by atoms with E-state index in [4.69, 9.17) is 17.0 Å². The molecule has 1 aliphatic carbocycles. The van der Waals surface area contributed by atoms with Crippen molar-refractivity contribution in [3.8, 4) is 5.75 Å². The van der Waals surface area contributed by atoms with E-state index in [1.807, 2.05) is 6.92 Å². The summed E-state index contributed by atoms with van der Waals surface area (Å²) in [6.45, 7) is 5.29. The van der Waals surface area contributed by atoms with E-state index in [2.05, 4.69) is 5.32 Å². The Bertz CT molecular complexity index is 722. The molecule has 1 fully saturated rings. The van der Waals surface area contributed by atoms with Crippen molar-refractivity contribution in [1.29, 1.82) is 0 Å². The highest BCUT2D eigenvalue weighted by molar-refractivity contribution is 5.82. The Kier molecular flexibility index (Phi) is 5.80. The maximum Gasteiger partial charge on any atom is 0.408 e. The molecule has 0 heterocycles. The summed E-state index contributed by atoms with van der Waals surface area (Å²) in [6.07, 6.45) is 2.81. The van der Waals surface area contributed by atoms with Crippen LogP contribution in [0.3, 0.4) is 0 Å². The molecule has 0 bridgehead atoms. The van der Waals surface area contributed by atoms with Crippen LogP contribution in [0.2, 0.25) is 0 Å². The zero-order valence-corrected chi connectivity index (χ0v) is 16.8. The minimum Gasteiger partial charge on any atom is -0.493 e. The minimum atomic E-state index is -1.80. The third-order valence-corrected chi connectivity index (χ3v) is 4.43. The highest BCUT2D eigenvalue weighted by atomic mass is 16.6. The molecule has 27 heavy (non-hydrogen) atoms. The Labute approximate surface area is 164 Å². The van der Waals surface area contributed by atoms with Gasteiger partial charge in [-0.1, -0.05) is 31.9 Å². The van der Waals surface area contributed by atoms with Crippen molar-refractivity contribution < 1.29 is 26.5 Å². The van der Waals surface area contributed by atoms with Gasteiger partial charge in [0.2, 0.25) is 0 Å². The molecule has 0 aromatic heterocycles. The van der Waals surface area contributed by atoms with Crippen LogP contribution in [0.5, 0.6) is 5.75 Å². The number of carbonyl (C=O) groups is 2. The average Bonchev–Trinajstić information content (AvgIpc) is 3.07. The standard InChI is InChI=1S/C21H31NO5/c1-20(2,3)27-19(24)22-17(18(23)25-5)15-8-10-16(11-9-15)26-14-21(4)12-6-7-13-21/h8-11,17H,6-7,12-14H2,1-5H3,(H,22,24)/i14D2. The Morgan fingerprint density at radius 1 is 1.22 bits per heavy atom. The van der Waals surface area contributed by atoms with Gasteiger partial charge in [0.05, 0.1) is 16.4 Å². The molecule has 0 spiro atoms. The summed E-state index contributed by atoms with van der Waals surface area (Å²) in [5, 5.41) is 2.51. The quantitative estimate of drug-likeness (QED) is 0.742. The topological polar surface area (TPSA) is 73.9 Å². The molecule has 1 aromatic carbocycles. The van der Waals surface area contributed by atoms with Crippen LogP contribution in [-0.4, -0.2) is 31.3 Å². The molecule has 150 valence electrons. The van der Waals surface area contributed by atoms with Gasteiger partial charge in [-0.3, -0.25) is 0 Å². The van der Waals surface area contributed by atoms with Crippen LogP contribution >= 0.6 is 0 Å². The number of alkyl carbamates (subject to hydrolysis) is 1. The molecule has 6 heteroatoms. The SMILES string of the molecule is [2H]C([2H])(Oc1ccc(C(NC(=O)OC(C)(C)C)C(=O)OC)cc1)C1(C)CCCC1. The van der Waals surface area contributed by atoms with E-state index >= 15 is 0 Å². The molecular weight excluding hydrogens is 346 g/mol. The van der Waals surface area contributed by atoms with Crippen LogP contribution in [0.4, 0.5) is 4.79 Å². The van der Waals surface area contributed by atoms with E-state index < -0.39 is 35.7 Å². The second kappa shape index (κ2) is 8.63. The zero-order chi connectivity index (χ0) is 21.9. The lowest BCUT2D eigenvalue weighted by Crippen LogP contribution is -2.38. The second-order valence-corrected chi connectivity index (χ2v) is 8.14. The lowest BCUT2D eigenvalue weighted by atomic mass is 9.90. The molecule has 2 rings (SSSR count). The van der Waals surface area contributed by atoms with Crippen LogP contribution in [-0.2, 0) is 14.3 Å². The van der Waals surface area contributed by atoms with E-state index in [1.54, 1.807) is 45.0 Å². The predicted octanol–water partition coefficient (Wildman–Crippen LogP) is 4.38. The first kappa shape index (κ1) is 18.1. The number of methoxy groups -OCH3 is 1. The molecule has 6 nitrogen and oxygen atoms in total. The van der Waals surface area contributed by atoms with Crippen LogP contribution in [0.15, 0.2) is 24.3 Å². The first-order valence-electron chi connectivity index (χ1n) is 10.2. The van der Waals surface area contributed by atoms with Crippen molar-refractivity contribution in [2.75, 3.05) is 13.7 Å². The molecule has 0 aliphatic heterocycles. The Morgan fingerprint density at radius 2 is 1.81 bits per heavy atom. The van der Waals surface area contributed by atoms with E-state index in [-0.39, 0.29) is 0 Å².